The molecule has 4 aromatic rings. The number of hydrogen-bond donors (Lipinski definition) is 4. The number of nitrogens with one attached hydrogen (secondary N) is 2. The van der Waals surface area contributed by atoms with Gasteiger partial charge in [-0.15, -0.1) is 0 Å². The summed E-state index contributed by atoms with van der Waals surface area (Å²) in [6.45, 7) is 12.5. The predicted octanol–water partition coefficient (Wildman–Crippen LogP) is 7.39. The first-order valence-corrected chi connectivity index (χ1v) is 15.8. The number of nitrogens with zero attached hydrogens (tertiary/aromatic N) is 1. The van der Waals surface area contributed by atoms with Gasteiger partial charge in [-0.1, -0.05) is 67.6 Å². The summed E-state index contributed by atoms with van der Waals surface area (Å²) in [5, 5.41) is 28.9. The molecule has 4 N–H and O–H groups in total. The fraction of sp³-hybridized carbons (Fsp3) is 0.342. The highest BCUT2D eigenvalue weighted by Gasteiger charge is 2.44. The molecule has 9 heteroatoms. The summed E-state index contributed by atoms with van der Waals surface area (Å²) in [5.41, 5.74) is 0.233. The van der Waals surface area contributed by atoms with Crippen LogP contribution in [0, 0.1) is 6.92 Å². The number of hydrogen-bond acceptors (Lipinski definition) is 6. The molecule has 2 atom stereocenters. The van der Waals surface area contributed by atoms with Crippen molar-refractivity contribution in [1.29, 1.82) is 0 Å². The minimum atomic E-state index is -1.29. The Bertz CT molecular complexity index is 1740. The number of fused-ring (bicyclic) bond motifs is 1. The monoisotopic (exact) mass is 639 g/mol. The van der Waals surface area contributed by atoms with Crippen LogP contribution in [0.4, 0.5) is 10.5 Å². The van der Waals surface area contributed by atoms with Crippen molar-refractivity contribution in [3.05, 3.63) is 102 Å². The van der Waals surface area contributed by atoms with Crippen LogP contribution in [0.3, 0.4) is 0 Å². The van der Waals surface area contributed by atoms with Crippen LogP contribution in [0.25, 0.3) is 10.8 Å². The lowest BCUT2D eigenvalue weighted by atomic mass is 9.90. The number of ether oxygens (including phenoxy) is 1. The van der Waals surface area contributed by atoms with Crippen LogP contribution >= 0.6 is 0 Å². The van der Waals surface area contributed by atoms with Crippen LogP contribution in [0.15, 0.2) is 84.9 Å². The number of aryl methyl sites for hydroxylation is 1. The number of aromatic hydroxyl groups is 2. The number of alkyl carbamates (subject to hydrolysis) is 1. The molecule has 0 saturated carbocycles. The highest BCUT2D eigenvalue weighted by atomic mass is 16.6. The van der Waals surface area contributed by atoms with Crippen molar-refractivity contribution < 1.29 is 29.3 Å². The maximum Gasteiger partial charge on any atom is 0.408 e. The first kappa shape index (κ1) is 34.8. The molecule has 47 heavy (non-hydrogen) atoms. The molecular formula is C38H45N3O6. The Morgan fingerprint density at radius 2 is 1.51 bits per heavy atom. The molecule has 0 bridgehead atoms. The SMILES string of the molecule is CCC(C)(C)N(C(=O)C(Cc1ccc(O)cc1)NC(=O)OC(C)(C)C)C(C(=O)Nc1ccc2ccccc2c1)c1cccc(C)c1O. The van der Waals surface area contributed by atoms with Crippen molar-refractivity contribution in [2.24, 2.45) is 0 Å². The first-order chi connectivity index (χ1) is 22.1. The fourth-order valence-electron chi connectivity index (χ4n) is 5.41. The minimum Gasteiger partial charge on any atom is -0.508 e. The van der Waals surface area contributed by atoms with Crippen molar-refractivity contribution >= 4 is 34.4 Å². The number of carbonyl (C=O) groups is 3. The lowest BCUT2D eigenvalue weighted by Crippen LogP contribution is -2.59. The molecule has 0 fully saturated rings. The molecule has 9 nitrogen and oxygen atoms in total. The summed E-state index contributed by atoms with van der Waals surface area (Å²) in [5.74, 6) is -1.12. The van der Waals surface area contributed by atoms with E-state index in [2.05, 4.69) is 10.6 Å². The summed E-state index contributed by atoms with van der Waals surface area (Å²) in [4.78, 5) is 44.0. The Morgan fingerprint density at radius 1 is 0.851 bits per heavy atom. The summed E-state index contributed by atoms with van der Waals surface area (Å²) in [7, 11) is 0. The van der Waals surface area contributed by atoms with Gasteiger partial charge in [-0.2, -0.15) is 0 Å². The summed E-state index contributed by atoms with van der Waals surface area (Å²) in [6, 6.07) is 22.3. The average Bonchev–Trinajstić information content (AvgIpc) is 3.00. The number of benzene rings is 4. The van der Waals surface area contributed by atoms with Crippen molar-refractivity contribution in [3.8, 4) is 11.5 Å². The number of anilines is 1. The molecular weight excluding hydrogens is 594 g/mol. The molecule has 0 aliphatic carbocycles. The van der Waals surface area contributed by atoms with Crippen LogP contribution in [0.5, 0.6) is 11.5 Å². The zero-order chi connectivity index (χ0) is 34.5. The smallest absolute Gasteiger partial charge is 0.408 e. The maximum atomic E-state index is 14.9. The molecule has 0 aliphatic heterocycles. The summed E-state index contributed by atoms with van der Waals surface area (Å²) < 4.78 is 5.53. The second-order valence-corrected chi connectivity index (χ2v) is 13.4. The van der Waals surface area contributed by atoms with Gasteiger partial charge >= 0.3 is 6.09 Å². The zero-order valence-electron chi connectivity index (χ0n) is 28.1. The van der Waals surface area contributed by atoms with Crippen molar-refractivity contribution in [1.82, 2.24) is 10.2 Å². The van der Waals surface area contributed by atoms with Gasteiger partial charge in [-0.05, 0) is 94.1 Å². The van der Waals surface area contributed by atoms with Gasteiger partial charge in [-0.3, -0.25) is 9.59 Å². The third-order valence-corrected chi connectivity index (χ3v) is 8.21. The average molecular weight is 640 g/mol. The van der Waals surface area contributed by atoms with Crippen LogP contribution in [0.2, 0.25) is 0 Å². The van der Waals surface area contributed by atoms with Gasteiger partial charge in [0.05, 0.1) is 0 Å². The van der Waals surface area contributed by atoms with Crippen molar-refractivity contribution in [3.63, 3.8) is 0 Å². The molecule has 248 valence electrons. The molecule has 2 unspecified atom stereocenters. The van der Waals surface area contributed by atoms with Gasteiger partial charge < -0.3 is 30.5 Å². The number of amides is 3. The van der Waals surface area contributed by atoms with Gasteiger partial charge in [0.1, 0.15) is 29.2 Å². The van der Waals surface area contributed by atoms with E-state index in [1.807, 2.05) is 57.2 Å². The van der Waals surface area contributed by atoms with Gasteiger partial charge in [-0.25, -0.2) is 4.79 Å². The Hall–Kier alpha value is -5.05. The number of phenolic OH excluding ortho intramolecular Hbond substituents is 2. The van der Waals surface area contributed by atoms with E-state index in [0.29, 0.717) is 23.2 Å². The van der Waals surface area contributed by atoms with E-state index < -0.39 is 41.1 Å². The second-order valence-electron chi connectivity index (χ2n) is 13.4. The molecule has 3 amide bonds. The predicted molar refractivity (Wildman–Crippen MR) is 184 cm³/mol. The Morgan fingerprint density at radius 3 is 2.15 bits per heavy atom. The van der Waals surface area contributed by atoms with Gasteiger partial charge in [0.25, 0.3) is 5.91 Å². The highest BCUT2D eigenvalue weighted by molar-refractivity contribution is 6.01. The molecule has 4 rings (SSSR count). The zero-order valence-corrected chi connectivity index (χ0v) is 28.1. The second kappa shape index (κ2) is 14.2. The number of carbonyl (C=O) groups excluding carboxylic acids is 3. The molecule has 0 saturated heterocycles. The molecule has 4 aromatic carbocycles. The normalized spacial score (nSPS) is 13.0. The molecule has 0 radical (unpaired) electrons. The van der Waals surface area contributed by atoms with Gasteiger partial charge in [0.15, 0.2) is 0 Å². The maximum absolute atomic E-state index is 14.9. The Balaban J connectivity index is 1.84. The van der Waals surface area contributed by atoms with Crippen LogP contribution in [0.1, 0.15) is 70.7 Å². The first-order valence-electron chi connectivity index (χ1n) is 15.8. The topological polar surface area (TPSA) is 128 Å². The summed E-state index contributed by atoms with van der Waals surface area (Å²) >= 11 is 0. The molecule has 0 spiro atoms. The Labute approximate surface area is 276 Å². The molecule has 0 aromatic heterocycles. The van der Waals surface area contributed by atoms with E-state index in [9.17, 15) is 24.6 Å². The number of rotatable bonds is 10. The van der Waals surface area contributed by atoms with Crippen molar-refractivity contribution in [2.75, 3.05) is 5.32 Å². The standard InChI is InChI=1S/C38H45N3O6/c1-8-38(6,7)41(35(45)31(40-36(46)47-37(3,4)5)22-25-16-20-29(42)21-17-25)32(30-15-11-12-24(2)33(30)43)34(44)39-28-19-18-26-13-9-10-14-27(26)23-28/h9-21,23,31-32,42-43H,8,22H2,1-7H3,(H,39,44)(H,40,46). The lowest BCUT2D eigenvalue weighted by molar-refractivity contribution is -0.147. The molecule has 0 aliphatic rings. The third kappa shape index (κ3) is 8.61. The van der Waals surface area contributed by atoms with Crippen LogP contribution < -0.4 is 10.6 Å². The van der Waals surface area contributed by atoms with E-state index in [1.165, 1.54) is 17.0 Å². The lowest BCUT2D eigenvalue weighted by Gasteiger charge is -2.44. The molecule has 0 heterocycles. The van der Waals surface area contributed by atoms with E-state index in [1.54, 1.807) is 64.1 Å². The highest BCUT2D eigenvalue weighted by Crippen LogP contribution is 2.38. The van der Waals surface area contributed by atoms with E-state index in [0.717, 1.165) is 10.8 Å². The third-order valence-electron chi connectivity index (χ3n) is 8.21. The fourth-order valence-corrected chi connectivity index (χ4v) is 5.41. The Kier molecular flexibility index (Phi) is 10.5. The number of para-hydroxylation sites is 1. The number of phenols is 2. The van der Waals surface area contributed by atoms with E-state index >= 15 is 0 Å². The minimum absolute atomic E-state index is 0.0491. The van der Waals surface area contributed by atoms with Crippen molar-refractivity contribution in [2.45, 2.75) is 84.5 Å². The van der Waals surface area contributed by atoms with Gasteiger partial charge in [0, 0.05) is 23.2 Å². The van der Waals surface area contributed by atoms with Crippen LogP contribution in [-0.4, -0.2) is 50.2 Å². The summed E-state index contributed by atoms with van der Waals surface area (Å²) in [6.07, 6.45) is -0.295. The van der Waals surface area contributed by atoms with E-state index in [-0.39, 0.29) is 23.5 Å². The van der Waals surface area contributed by atoms with Crippen LogP contribution in [-0.2, 0) is 20.7 Å². The van der Waals surface area contributed by atoms with Gasteiger partial charge in [0.2, 0.25) is 5.91 Å². The largest absolute Gasteiger partial charge is 0.508 e. The quantitative estimate of drug-likeness (QED) is 0.143. The van der Waals surface area contributed by atoms with E-state index in [4.69, 9.17) is 4.74 Å².